The molecule has 2 N–H and O–H groups in total. The van der Waals surface area contributed by atoms with Crippen molar-refractivity contribution in [3.05, 3.63) is 76.1 Å². The number of likely N-dealkylation sites (N-methyl/N-ethyl adjacent to an activating group) is 1. The average molecular weight is 397 g/mol. The quantitative estimate of drug-likeness (QED) is 0.655. The van der Waals surface area contributed by atoms with E-state index in [1.165, 1.54) is 28.9 Å². The predicted octanol–water partition coefficient (Wildman–Crippen LogP) is 1.38. The van der Waals surface area contributed by atoms with Gasteiger partial charge >= 0.3 is 0 Å². The van der Waals surface area contributed by atoms with Crippen molar-refractivity contribution in [2.24, 2.45) is 0 Å². The largest absolute Gasteiger partial charge is 0.351 e. The van der Waals surface area contributed by atoms with E-state index in [1.54, 1.807) is 12.1 Å². The summed E-state index contributed by atoms with van der Waals surface area (Å²) in [5, 5.41) is 5.24. The van der Waals surface area contributed by atoms with E-state index in [-0.39, 0.29) is 17.2 Å². The Morgan fingerprint density at radius 1 is 1.07 bits per heavy atom. The van der Waals surface area contributed by atoms with Gasteiger partial charge in [0.2, 0.25) is 0 Å². The van der Waals surface area contributed by atoms with Crippen LogP contribution in [0.4, 0.5) is 10.1 Å². The molecule has 29 heavy (non-hydrogen) atoms. The van der Waals surface area contributed by atoms with E-state index in [9.17, 15) is 18.8 Å². The molecule has 150 valence electrons. The number of halogens is 1. The Hall–Kier alpha value is -3.59. The second-order valence-electron chi connectivity index (χ2n) is 6.64. The number of rotatable bonds is 6. The molecule has 0 atom stereocenters. The maximum absolute atomic E-state index is 13.0. The maximum atomic E-state index is 13.0. The molecule has 0 radical (unpaired) electrons. The summed E-state index contributed by atoms with van der Waals surface area (Å²) in [7, 11) is 3.80. The zero-order chi connectivity index (χ0) is 21.0. The number of aromatic nitrogens is 2. The van der Waals surface area contributed by atoms with Crippen molar-refractivity contribution in [3.8, 4) is 0 Å². The highest BCUT2D eigenvalue weighted by Gasteiger charge is 2.13. The second-order valence-corrected chi connectivity index (χ2v) is 6.64. The highest BCUT2D eigenvalue weighted by atomic mass is 19.1. The molecule has 0 saturated carbocycles. The van der Waals surface area contributed by atoms with Gasteiger partial charge in [-0.1, -0.05) is 0 Å². The van der Waals surface area contributed by atoms with E-state index < -0.39 is 17.3 Å². The van der Waals surface area contributed by atoms with E-state index in [1.807, 2.05) is 19.0 Å². The van der Waals surface area contributed by atoms with Gasteiger partial charge < -0.3 is 15.5 Å². The molecule has 0 spiro atoms. The minimum absolute atomic E-state index is 0.0537. The fraction of sp³-hybridized carbons (Fsp3) is 0.200. The molecule has 2 heterocycles. The van der Waals surface area contributed by atoms with Crippen LogP contribution in [0.1, 0.15) is 20.7 Å². The topological polar surface area (TPSA) is 95.8 Å². The summed E-state index contributed by atoms with van der Waals surface area (Å²) in [6.07, 6.45) is 2.62. The SMILES string of the molecule is CN(C)CCNC(=O)c1ccc2ncc(NC(=O)c3ccc(F)cc3)c(=O)n2c1. The first-order chi connectivity index (χ1) is 13.8. The third-order valence-electron chi connectivity index (χ3n) is 4.16. The third-order valence-corrected chi connectivity index (χ3v) is 4.16. The van der Waals surface area contributed by atoms with Crippen molar-refractivity contribution < 1.29 is 14.0 Å². The van der Waals surface area contributed by atoms with E-state index >= 15 is 0 Å². The van der Waals surface area contributed by atoms with E-state index in [4.69, 9.17) is 0 Å². The first-order valence-corrected chi connectivity index (χ1v) is 8.86. The van der Waals surface area contributed by atoms with Crippen LogP contribution in [0.2, 0.25) is 0 Å². The van der Waals surface area contributed by atoms with Gasteiger partial charge in [0.05, 0.1) is 11.8 Å². The van der Waals surface area contributed by atoms with Gasteiger partial charge in [0.25, 0.3) is 17.4 Å². The minimum atomic E-state index is -0.568. The van der Waals surface area contributed by atoms with Gasteiger partial charge in [0, 0.05) is 24.8 Å². The minimum Gasteiger partial charge on any atom is -0.351 e. The molecule has 1 aromatic carbocycles. The number of fused-ring (bicyclic) bond motifs is 1. The number of nitrogens with one attached hydrogen (secondary N) is 2. The summed E-state index contributed by atoms with van der Waals surface area (Å²) < 4.78 is 14.2. The van der Waals surface area contributed by atoms with Crippen molar-refractivity contribution in [1.29, 1.82) is 0 Å². The zero-order valence-electron chi connectivity index (χ0n) is 16.0. The summed E-state index contributed by atoms with van der Waals surface area (Å²) in [5.41, 5.74) is 0.238. The predicted molar refractivity (Wildman–Crippen MR) is 107 cm³/mol. The smallest absolute Gasteiger partial charge is 0.281 e. The highest BCUT2D eigenvalue weighted by molar-refractivity contribution is 6.04. The van der Waals surface area contributed by atoms with Crippen LogP contribution in [0, 0.1) is 5.82 Å². The number of benzene rings is 1. The zero-order valence-corrected chi connectivity index (χ0v) is 16.0. The Labute approximate surface area is 166 Å². The molecular formula is C20H20FN5O3. The normalized spacial score (nSPS) is 10.9. The third kappa shape index (κ3) is 4.82. The lowest BCUT2D eigenvalue weighted by molar-refractivity contribution is 0.0949. The fourth-order valence-electron chi connectivity index (χ4n) is 2.59. The molecule has 0 aliphatic rings. The number of pyridine rings is 1. The molecule has 2 amide bonds. The van der Waals surface area contributed by atoms with Crippen LogP contribution in [0.3, 0.4) is 0 Å². The van der Waals surface area contributed by atoms with Gasteiger partial charge in [-0.05, 0) is 50.5 Å². The summed E-state index contributed by atoms with van der Waals surface area (Å²) in [6.45, 7) is 1.14. The van der Waals surface area contributed by atoms with Crippen molar-refractivity contribution in [2.75, 3.05) is 32.5 Å². The lowest BCUT2D eigenvalue weighted by Gasteiger charge is -2.11. The standard InChI is InChI=1S/C20H20FN5O3/c1-25(2)10-9-22-18(27)14-5-8-17-23-11-16(20(29)26(17)12-14)24-19(28)13-3-6-15(21)7-4-13/h3-8,11-12H,9-10H2,1-2H3,(H,22,27)(H,24,28). The van der Waals surface area contributed by atoms with Gasteiger partial charge in [-0.3, -0.25) is 18.8 Å². The van der Waals surface area contributed by atoms with Gasteiger partial charge in [-0.2, -0.15) is 0 Å². The fourth-order valence-corrected chi connectivity index (χ4v) is 2.59. The molecule has 9 heteroatoms. The Kier molecular flexibility index (Phi) is 5.99. The van der Waals surface area contributed by atoms with Crippen LogP contribution in [0.25, 0.3) is 5.65 Å². The van der Waals surface area contributed by atoms with Crippen molar-refractivity contribution in [3.63, 3.8) is 0 Å². The molecule has 0 fully saturated rings. The van der Waals surface area contributed by atoms with Crippen LogP contribution in [0.15, 0.2) is 53.6 Å². The molecule has 0 aliphatic carbocycles. The summed E-state index contributed by atoms with van der Waals surface area (Å²) in [5.74, 6) is -1.35. The van der Waals surface area contributed by atoms with Crippen LogP contribution in [0.5, 0.6) is 0 Å². The van der Waals surface area contributed by atoms with Gasteiger partial charge in [-0.25, -0.2) is 9.37 Å². The van der Waals surface area contributed by atoms with Crippen LogP contribution >= 0.6 is 0 Å². The molecule has 0 saturated heterocycles. The van der Waals surface area contributed by atoms with Crippen LogP contribution in [-0.4, -0.2) is 53.3 Å². The Balaban J connectivity index is 1.84. The highest BCUT2D eigenvalue weighted by Crippen LogP contribution is 2.08. The molecule has 0 aliphatic heterocycles. The first kappa shape index (κ1) is 20.2. The van der Waals surface area contributed by atoms with E-state index in [0.717, 1.165) is 12.1 Å². The van der Waals surface area contributed by atoms with Gasteiger partial charge in [0.1, 0.15) is 17.2 Å². The lowest BCUT2D eigenvalue weighted by Crippen LogP contribution is -2.32. The Morgan fingerprint density at radius 2 is 1.76 bits per heavy atom. The summed E-state index contributed by atoms with van der Waals surface area (Å²) in [4.78, 5) is 43.4. The molecule has 3 rings (SSSR count). The van der Waals surface area contributed by atoms with Crippen molar-refractivity contribution in [1.82, 2.24) is 19.6 Å². The van der Waals surface area contributed by atoms with Gasteiger partial charge in [-0.15, -0.1) is 0 Å². The molecule has 3 aromatic rings. The summed E-state index contributed by atoms with van der Waals surface area (Å²) in [6, 6.07) is 8.06. The molecule has 8 nitrogen and oxygen atoms in total. The van der Waals surface area contributed by atoms with Crippen molar-refractivity contribution >= 4 is 23.1 Å². The Morgan fingerprint density at radius 3 is 2.45 bits per heavy atom. The van der Waals surface area contributed by atoms with Crippen LogP contribution in [-0.2, 0) is 0 Å². The number of hydrogen-bond donors (Lipinski definition) is 2. The monoisotopic (exact) mass is 397 g/mol. The van der Waals surface area contributed by atoms with E-state index in [2.05, 4.69) is 15.6 Å². The average Bonchev–Trinajstić information content (AvgIpc) is 2.70. The maximum Gasteiger partial charge on any atom is 0.281 e. The van der Waals surface area contributed by atoms with Gasteiger partial charge in [0.15, 0.2) is 0 Å². The van der Waals surface area contributed by atoms with E-state index in [0.29, 0.717) is 24.3 Å². The number of nitrogens with zero attached hydrogens (tertiary/aromatic N) is 3. The number of carbonyl (C=O) groups excluding carboxylic acids is 2. The van der Waals surface area contributed by atoms with Crippen molar-refractivity contribution in [2.45, 2.75) is 0 Å². The molecule has 0 bridgehead atoms. The molecule has 2 aromatic heterocycles. The Bertz CT molecular complexity index is 1110. The second kappa shape index (κ2) is 8.61. The molecular weight excluding hydrogens is 377 g/mol. The lowest BCUT2D eigenvalue weighted by atomic mass is 10.2. The number of hydrogen-bond acceptors (Lipinski definition) is 5. The van der Waals surface area contributed by atoms with Crippen LogP contribution < -0.4 is 16.2 Å². The number of amides is 2. The number of carbonyl (C=O) groups is 2. The molecule has 0 unspecified atom stereocenters. The first-order valence-electron chi connectivity index (χ1n) is 8.86. The number of anilines is 1. The summed E-state index contributed by atoms with van der Waals surface area (Å²) >= 11 is 0.